The molecule has 25 heavy (non-hydrogen) atoms. The Labute approximate surface area is 149 Å². The van der Waals surface area contributed by atoms with Gasteiger partial charge in [0.2, 0.25) is 5.95 Å². The van der Waals surface area contributed by atoms with Crippen LogP contribution in [0.3, 0.4) is 0 Å². The zero-order valence-corrected chi connectivity index (χ0v) is 15.6. The minimum absolute atomic E-state index is 0.0188. The predicted octanol–water partition coefficient (Wildman–Crippen LogP) is 2.53. The third-order valence-electron chi connectivity index (χ3n) is 6.15. The number of aliphatic carboxylic acids is 1. The molecular formula is C19H28N4O2. The highest BCUT2D eigenvalue weighted by atomic mass is 16.4. The largest absolute Gasteiger partial charge is 0.481 e. The third-order valence-corrected chi connectivity index (χ3v) is 6.15. The number of piperidine rings is 1. The standard InChI is InChI=1S/C19H28N4O2/c1-11-5-6-23(11)18-20-15(19(2,3)4)8-16(21-18)22-9-13-12(7-17(24)25)14(13)10-22/h8,11-14H,5-7,9-10H2,1-4H3,(H,24,25)/t11-,12?,13-,14+/m0/s1. The fraction of sp³-hybridized carbons (Fsp3) is 0.737. The van der Waals surface area contributed by atoms with Crippen LogP contribution in [0.1, 0.15) is 46.2 Å². The summed E-state index contributed by atoms with van der Waals surface area (Å²) < 4.78 is 0. The van der Waals surface area contributed by atoms with Crippen LogP contribution in [-0.4, -0.2) is 46.7 Å². The summed E-state index contributed by atoms with van der Waals surface area (Å²) in [7, 11) is 0. The minimum Gasteiger partial charge on any atom is -0.481 e. The van der Waals surface area contributed by atoms with Crippen LogP contribution in [0.4, 0.5) is 11.8 Å². The van der Waals surface area contributed by atoms with Crippen molar-refractivity contribution in [2.24, 2.45) is 17.8 Å². The molecule has 1 aromatic heterocycles. The van der Waals surface area contributed by atoms with Crippen LogP contribution in [0.25, 0.3) is 0 Å². The fourth-order valence-electron chi connectivity index (χ4n) is 4.25. The van der Waals surface area contributed by atoms with E-state index in [-0.39, 0.29) is 5.41 Å². The summed E-state index contributed by atoms with van der Waals surface area (Å²) in [5.41, 5.74) is 1.06. The van der Waals surface area contributed by atoms with Crippen molar-refractivity contribution in [3.63, 3.8) is 0 Å². The number of carboxylic acids is 1. The Morgan fingerprint density at radius 2 is 1.96 bits per heavy atom. The summed E-state index contributed by atoms with van der Waals surface area (Å²) in [6.45, 7) is 11.7. The number of nitrogens with zero attached hydrogens (tertiary/aromatic N) is 4. The van der Waals surface area contributed by atoms with Crippen LogP contribution in [-0.2, 0) is 10.2 Å². The minimum atomic E-state index is -0.669. The number of hydrogen-bond donors (Lipinski definition) is 1. The average Bonchev–Trinajstić information content (AvgIpc) is 2.95. The predicted molar refractivity (Wildman–Crippen MR) is 97.1 cm³/mol. The Kier molecular flexibility index (Phi) is 3.71. The van der Waals surface area contributed by atoms with Crippen molar-refractivity contribution in [2.45, 2.75) is 52.0 Å². The lowest BCUT2D eigenvalue weighted by atomic mass is 9.92. The van der Waals surface area contributed by atoms with Crippen LogP contribution < -0.4 is 9.80 Å². The van der Waals surface area contributed by atoms with Gasteiger partial charge in [0.1, 0.15) is 5.82 Å². The van der Waals surface area contributed by atoms with E-state index in [0.717, 1.165) is 37.1 Å². The Morgan fingerprint density at radius 1 is 1.28 bits per heavy atom. The molecule has 0 amide bonds. The monoisotopic (exact) mass is 344 g/mol. The molecule has 1 saturated carbocycles. The maximum Gasteiger partial charge on any atom is 0.303 e. The van der Waals surface area contributed by atoms with Gasteiger partial charge in [-0.15, -0.1) is 0 Å². The number of carbonyl (C=O) groups is 1. The summed E-state index contributed by atoms with van der Waals surface area (Å²) in [4.78, 5) is 25.3. The molecule has 1 aromatic rings. The molecule has 2 aliphatic heterocycles. The van der Waals surface area contributed by atoms with E-state index in [2.05, 4.69) is 43.6 Å². The molecule has 4 atom stereocenters. The quantitative estimate of drug-likeness (QED) is 0.905. The number of fused-ring (bicyclic) bond motifs is 1. The lowest BCUT2D eigenvalue weighted by Crippen LogP contribution is -2.47. The van der Waals surface area contributed by atoms with Crippen molar-refractivity contribution in [3.8, 4) is 0 Å². The Bertz CT molecular complexity index is 687. The molecule has 0 radical (unpaired) electrons. The van der Waals surface area contributed by atoms with Crippen molar-refractivity contribution in [1.29, 1.82) is 0 Å². The van der Waals surface area contributed by atoms with Crippen molar-refractivity contribution < 1.29 is 9.90 Å². The SMILES string of the molecule is C[C@H]1CCN1c1nc(N2C[C@@H]3C(CC(=O)O)[C@@H]3C2)cc(C(C)(C)C)n1. The molecule has 3 heterocycles. The molecule has 3 aliphatic rings. The van der Waals surface area contributed by atoms with Crippen LogP contribution in [0.2, 0.25) is 0 Å². The van der Waals surface area contributed by atoms with E-state index in [1.807, 2.05) is 0 Å². The van der Waals surface area contributed by atoms with Gasteiger partial charge in [-0.1, -0.05) is 20.8 Å². The first-order valence-corrected chi connectivity index (χ1v) is 9.37. The van der Waals surface area contributed by atoms with E-state index in [1.165, 1.54) is 6.42 Å². The van der Waals surface area contributed by atoms with Gasteiger partial charge in [-0.25, -0.2) is 4.98 Å². The third kappa shape index (κ3) is 2.96. The maximum atomic E-state index is 10.9. The van der Waals surface area contributed by atoms with Crippen molar-refractivity contribution >= 4 is 17.7 Å². The van der Waals surface area contributed by atoms with E-state index in [9.17, 15) is 4.79 Å². The van der Waals surface area contributed by atoms with Crippen molar-refractivity contribution in [3.05, 3.63) is 11.8 Å². The molecule has 0 spiro atoms. The van der Waals surface area contributed by atoms with Gasteiger partial charge in [0, 0.05) is 43.6 Å². The van der Waals surface area contributed by atoms with Crippen LogP contribution in [0.15, 0.2) is 6.07 Å². The van der Waals surface area contributed by atoms with E-state index in [4.69, 9.17) is 15.1 Å². The van der Waals surface area contributed by atoms with Gasteiger partial charge in [0.05, 0.1) is 5.69 Å². The van der Waals surface area contributed by atoms with Crippen LogP contribution in [0.5, 0.6) is 0 Å². The zero-order valence-electron chi connectivity index (χ0n) is 15.6. The van der Waals surface area contributed by atoms with Gasteiger partial charge >= 0.3 is 5.97 Å². The molecule has 1 N–H and O–H groups in total. The Hall–Kier alpha value is -1.85. The van der Waals surface area contributed by atoms with E-state index in [0.29, 0.717) is 30.2 Å². The van der Waals surface area contributed by atoms with E-state index < -0.39 is 5.97 Å². The van der Waals surface area contributed by atoms with Crippen molar-refractivity contribution in [2.75, 3.05) is 29.4 Å². The summed E-state index contributed by atoms with van der Waals surface area (Å²) >= 11 is 0. The molecule has 4 rings (SSSR count). The number of anilines is 2. The number of carboxylic acid groups (broad SMARTS) is 1. The second-order valence-corrected chi connectivity index (χ2v) is 8.99. The average molecular weight is 344 g/mol. The van der Waals surface area contributed by atoms with Gasteiger partial charge in [-0.2, -0.15) is 4.98 Å². The summed E-state index contributed by atoms with van der Waals surface area (Å²) in [6.07, 6.45) is 1.51. The molecule has 0 aromatic carbocycles. The Balaban J connectivity index is 1.56. The topological polar surface area (TPSA) is 69.6 Å². The van der Waals surface area contributed by atoms with Gasteiger partial charge in [0.15, 0.2) is 0 Å². The first kappa shape index (κ1) is 16.6. The summed E-state index contributed by atoms with van der Waals surface area (Å²) in [6, 6.07) is 2.64. The molecule has 6 nitrogen and oxygen atoms in total. The number of rotatable bonds is 4. The highest BCUT2D eigenvalue weighted by Gasteiger charge is 2.56. The van der Waals surface area contributed by atoms with Gasteiger partial charge in [-0.05, 0) is 31.1 Å². The highest BCUT2D eigenvalue weighted by Crippen LogP contribution is 2.54. The first-order valence-electron chi connectivity index (χ1n) is 9.37. The first-order chi connectivity index (χ1) is 11.7. The lowest BCUT2D eigenvalue weighted by molar-refractivity contribution is -0.137. The summed E-state index contributed by atoms with van der Waals surface area (Å²) in [5.74, 6) is 2.61. The molecule has 136 valence electrons. The number of hydrogen-bond acceptors (Lipinski definition) is 5. The zero-order chi connectivity index (χ0) is 17.9. The smallest absolute Gasteiger partial charge is 0.303 e. The molecule has 1 unspecified atom stereocenters. The lowest BCUT2D eigenvalue weighted by Gasteiger charge is -2.39. The maximum absolute atomic E-state index is 10.9. The highest BCUT2D eigenvalue weighted by molar-refractivity contribution is 5.68. The second-order valence-electron chi connectivity index (χ2n) is 8.99. The van der Waals surface area contributed by atoms with E-state index in [1.54, 1.807) is 0 Å². The summed E-state index contributed by atoms with van der Waals surface area (Å²) in [5, 5.41) is 9.00. The second kappa shape index (κ2) is 5.58. The van der Waals surface area contributed by atoms with Gasteiger partial charge < -0.3 is 14.9 Å². The molecule has 3 fully saturated rings. The molecular weight excluding hydrogens is 316 g/mol. The van der Waals surface area contributed by atoms with Gasteiger partial charge in [-0.3, -0.25) is 4.79 Å². The molecule has 1 aliphatic carbocycles. The molecule has 6 heteroatoms. The fourth-order valence-corrected chi connectivity index (χ4v) is 4.25. The molecule has 0 bridgehead atoms. The molecule has 2 saturated heterocycles. The van der Waals surface area contributed by atoms with Crippen LogP contribution >= 0.6 is 0 Å². The Morgan fingerprint density at radius 3 is 2.44 bits per heavy atom. The normalized spacial score (nSPS) is 30.9. The van der Waals surface area contributed by atoms with Crippen molar-refractivity contribution in [1.82, 2.24) is 9.97 Å². The number of aromatic nitrogens is 2. The van der Waals surface area contributed by atoms with E-state index >= 15 is 0 Å². The van der Waals surface area contributed by atoms with Gasteiger partial charge in [0.25, 0.3) is 0 Å². The van der Waals surface area contributed by atoms with Crippen LogP contribution in [0, 0.1) is 17.8 Å².